The van der Waals surface area contributed by atoms with E-state index >= 15 is 0 Å². The number of carbonyl (C=O) groups excluding carboxylic acids is 1. The van der Waals surface area contributed by atoms with Crippen molar-refractivity contribution in [1.82, 2.24) is 10.2 Å². The maximum absolute atomic E-state index is 12.0. The van der Waals surface area contributed by atoms with Crippen molar-refractivity contribution in [3.63, 3.8) is 0 Å². The van der Waals surface area contributed by atoms with E-state index in [1.807, 2.05) is 20.2 Å². The van der Waals surface area contributed by atoms with Crippen LogP contribution in [0.1, 0.15) is 18.4 Å². The van der Waals surface area contributed by atoms with Gasteiger partial charge in [0.25, 0.3) is 5.91 Å². The molecule has 2 aliphatic rings. The van der Waals surface area contributed by atoms with E-state index < -0.39 is 0 Å². The van der Waals surface area contributed by atoms with E-state index in [-0.39, 0.29) is 19.3 Å². The lowest BCUT2D eigenvalue weighted by Gasteiger charge is -2.18. The SMILES string of the molecule is CNCc1cc2c(cc1OCC(=O)N(C)C1CC1)OCO2. The Labute approximate surface area is 124 Å². The third-order valence-electron chi connectivity index (χ3n) is 3.76. The first-order valence-electron chi connectivity index (χ1n) is 7.14. The molecular weight excluding hydrogens is 272 g/mol. The highest BCUT2D eigenvalue weighted by molar-refractivity contribution is 5.78. The Hall–Kier alpha value is -1.95. The third kappa shape index (κ3) is 3.05. The molecule has 6 heteroatoms. The Morgan fingerprint density at radius 2 is 2.10 bits per heavy atom. The summed E-state index contributed by atoms with van der Waals surface area (Å²) in [4.78, 5) is 13.8. The van der Waals surface area contributed by atoms with E-state index in [0.717, 1.165) is 18.4 Å². The van der Waals surface area contributed by atoms with Crippen molar-refractivity contribution in [3.8, 4) is 17.2 Å². The van der Waals surface area contributed by atoms with Crippen LogP contribution in [0.2, 0.25) is 0 Å². The second kappa shape index (κ2) is 5.81. The summed E-state index contributed by atoms with van der Waals surface area (Å²) in [5.74, 6) is 2.04. The van der Waals surface area contributed by atoms with E-state index in [9.17, 15) is 4.79 Å². The molecule has 0 aromatic heterocycles. The second-order valence-corrected chi connectivity index (χ2v) is 5.37. The predicted molar refractivity (Wildman–Crippen MR) is 76.6 cm³/mol. The van der Waals surface area contributed by atoms with Crippen molar-refractivity contribution >= 4 is 5.91 Å². The number of benzene rings is 1. The molecule has 1 aromatic carbocycles. The van der Waals surface area contributed by atoms with Gasteiger partial charge in [0.05, 0.1) is 0 Å². The summed E-state index contributed by atoms with van der Waals surface area (Å²) < 4.78 is 16.4. The molecule has 0 spiro atoms. The van der Waals surface area contributed by atoms with Crippen LogP contribution in [0.4, 0.5) is 0 Å². The van der Waals surface area contributed by atoms with Crippen molar-refractivity contribution in [1.29, 1.82) is 0 Å². The molecular formula is C15H20N2O4. The summed E-state index contributed by atoms with van der Waals surface area (Å²) in [6, 6.07) is 4.08. The molecule has 114 valence electrons. The van der Waals surface area contributed by atoms with Crippen LogP contribution in [0.15, 0.2) is 12.1 Å². The molecule has 21 heavy (non-hydrogen) atoms. The molecule has 0 radical (unpaired) electrons. The number of nitrogens with one attached hydrogen (secondary N) is 1. The Bertz CT molecular complexity index is 543. The molecule has 1 fully saturated rings. The van der Waals surface area contributed by atoms with E-state index in [0.29, 0.717) is 29.8 Å². The number of amides is 1. The molecule has 6 nitrogen and oxygen atoms in total. The average molecular weight is 292 g/mol. The molecule has 1 aliphatic carbocycles. The van der Waals surface area contributed by atoms with Crippen molar-refractivity contribution < 1.29 is 19.0 Å². The lowest BCUT2D eigenvalue weighted by Crippen LogP contribution is -2.33. The predicted octanol–water partition coefficient (Wildman–Crippen LogP) is 1.13. The molecule has 1 saturated carbocycles. The van der Waals surface area contributed by atoms with Crippen molar-refractivity contribution in [2.45, 2.75) is 25.4 Å². The van der Waals surface area contributed by atoms with Gasteiger partial charge in [-0.25, -0.2) is 0 Å². The smallest absolute Gasteiger partial charge is 0.260 e. The van der Waals surface area contributed by atoms with Gasteiger partial charge in [-0.3, -0.25) is 4.79 Å². The first-order valence-corrected chi connectivity index (χ1v) is 7.14. The van der Waals surface area contributed by atoms with Crippen LogP contribution in [-0.2, 0) is 11.3 Å². The van der Waals surface area contributed by atoms with Gasteiger partial charge in [-0.15, -0.1) is 0 Å². The molecule has 1 heterocycles. The van der Waals surface area contributed by atoms with Gasteiger partial charge in [0.1, 0.15) is 5.75 Å². The highest BCUT2D eigenvalue weighted by atomic mass is 16.7. The molecule has 0 atom stereocenters. The molecule has 0 bridgehead atoms. The van der Waals surface area contributed by atoms with Crippen LogP contribution in [0, 0.1) is 0 Å². The Morgan fingerprint density at radius 3 is 2.76 bits per heavy atom. The minimum Gasteiger partial charge on any atom is -0.483 e. The molecule has 1 aromatic rings. The zero-order valence-electron chi connectivity index (χ0n) is 12.3. The monoisotopic (exact) mass is 292 g/mol. The highest BCUT2D eigenvalue weighted by Crippen LogP contribution is 2.38. The number of hydrogen-bond acceptors (Lipinski definition) is 5. The fourth-order valence-corrected chi connectivity index (χ4v) is 2.34. The Balaban J connectivity index is 1.69. The van der Waals surface area contributed by atoms with Gasteiger partial charge in [-0.1, -0.05) is 0 Å². The molecule has 1 amide bonds. The summed E-state index contributed by atoms with van der Waals surface area (Å²) in [5.41, 5.74) is 0.948. The number of rotatable bonds is 6. The third-order valence-corrected chi connectivity index (χ3v) is 3.76. The van der Waals surface area contributed by atoms with Crippen molar-refractivity contribution in [2.24, 2.45) is 0 Å². The standard InChI is InChI=1S/C15H20N2O4/c1-16-7-10-5-13-14(21-9-20-13)6-12(10)19-8-15(18)17(2)11-3-4-11/h5-6,11,16H,3-4,7-9H2,1-2H3. The van der Waals surface area contributed by atoms with Gasteiger partial charge >= 0.3 is 0 Å². The Kier molecular flexibility index (Phi) is 3.88. The first-order chi connectivity index (χ1) is 10.2. The van der Waals surface area contributed by atoms with E-state index in [4.69, 9.17) is 14.2 Å². The summed E-state index contributed by atoms with van der Waals surface area (Å²) >= 11 is 0. The number of hydrogen-bond donors (Lipinski definition) is 1. The lowest BCUT2D eigenvalue weighted by atomic mass is 10.1. The van der Waals surface area contributed by atoms with E-state index in [2.05, 4.69) is 5.32 Å². The average Bonchev–Trinajstić information content (AvgIpc) is 3.23. The van der Waals surface area contributed by atoms with Gasteiger partial charge < -0.3 is 24.4 Å². The molecule has 0 saturated heterocycles. The van der Waals surface area contributed by atoms with Gasteiger partial charge in [0.2, 0.25) is 6.79 Å². The fraction of sp³-hybridized carbons (Fsp3) is 0.533. The summed E-state index contributed by atoms with van der Waals surface area (Å²) in [6.07, 6.45) is 2.19. The number of likely N-dealkylation sites (N-methyl/N-ethyl adjacent to an activating group) is 1. The van der Waals surface area contributed by atoms with Gasteiger partial charge in [-0.2, -0.15) is 0 Å². The molecule has 1 aliphatic heterocycles. The lowest BCUT2D eigenvalue weighted by molar-refractivity contribution is -0.132. The second-order valence-electron chi connectivity index (χ2n) is 5.37. The van der Waals surface area contributed by atoms with Crippen LogP contribution >= 0.6 is 0 Å². The van der Waals surface area contributed by atoms with Gasteiger partial charge in [-0.05, 0) is 26.0 Å². The Morgan fingerprint density at radius 1 is 1.38 bits per heavy atom. The topological polar surface area (TPSA) is 60.0 Å². The van der Waals surface area contributed by atoms with Crippen LogP contribution in [0.25, 0.3) is 0 Å². The maximum atomic E-state index is 12.0. The first kappa shape index (κ1) is 14.0. The highest BCUT2D eigenvalue weighted by Gasteiger charge is 2.29. The van der Waals surface area contributed by atoms with Crippen LogP contribution < -0.4 is 19.5 Å². The molecule has 1 N–H and O–H groups in total. The molecule has 3 rings (SSSR count). The minimum atomic E-state index is 0.00516. The van der Waals surface area contributed by atoms with Gasteiger partial charge in [0, 0.05) is 31.3 Å². The van der Waals surface area contributed by atoms with Crippen molar-refractivity contribution in [2.75, 3.05) is 27.5 Å². The zero-order chi connectivity index (χ0) is 14.8. The van der Waals surface area contributed by atoms with Crippen LogP contribution in [0.3, 0.4) is 0 Å². The normalized spacial score (nSPS) is 15.9. The number of nitrogens with zero attached hydrogens (tertiary/aromatic N) is 1. The number of ether oxygens (including phenoxy) is 3. The van der Waals surface area contributed by atoms with E-state index in [1.54, 1.807) is 11.0 Å². The summed E-state index contributed by atoms with van der Waals surface area (Å²) in [5, 5.41) is 3.08. The largest absolute Gasteiger partial charge is 0.483 e. The van der Waals surface area contributed by atoms with Crippen LogP contribution in [0.5, 0.6) is 17.2 Å². The molecule has 0 unspecified atom stereocenters. The zero-order valence-corrected chi connectivity index (χ0v) is 12.3. The minimum absolute atomic E-state index is 0.00516. The quantitative estimate of drug-likeness (QED) is 0.852. The van der Waals surface area contributed by atoms with Gasteiger partial charge in [0.15, 0.2) is 18.1 Å². The van der Waals surface area contributed by atoms with E-state index in [1.165, 1.54) is 0 Å². The number of fused-ring (bicyclic) bond motifs is 1. The summed E-state index contributed by atoms with van der Waals surface area (Å²) in [6.45, 7) is 0.906. The summed E-state index contributed by atoms with van der Waals surface area (Å²) in [7, 11) is 3.69. The van der Waals surface area contributed by atoms with Crippen molar-refractivity contribution in [3.05, 3.63) is 17.7 Å². The number of carbonyl (C=O) groups is 1. The van der Waals surface area contributed by atoms with Crippen LogP contribution in [-0.4, -0.2) is 44.3 Å². The maximum Gasteiger partial charge on any atom is 0.260 e. The fourth-order valence-electron chi connectivity index (χ4n) is 2.34.